The van der Waals surface area contributed by atoms with Crippen LogP contribution in [-0.2, 0) is 9.53 Å². The average molecular weight is 378 g/mol. The lowest BCUT2D eigenvalue weighted by Gasteiger charge is -2.12. The van der Waals surface area contributed by atoms with Gasteiger partial charge in [0.25, 0.3) is 0 Å². The van der Waals surface area contributed by atoms with Gasteiger partial charge in [0.1, 0.15) is 10.6 Å². The molecule has 0 aliphatic rings. The van der Waals surface area contributed by atoms with Crippen molar-refractivity contribution in [2.45, 2.75) is 0 Å². The molecule has 8 heteroatoms. The number of thiophene rings is 1. The number of rotatable bonds is 6. The fourth-order valence-electron chi connectivity index (χ4n) is 2.22. The van der Waals surface area contributed by atoms with Gasteiger partial charge in [-0.3, -0.25) is 9.69 Å². The van der Waals surface area contributed by atoms with Crippen LogP contribution in [0.5, 0.6) is 0 Å². The molecule has 25 heavy (non-hydrogen) atoms. The molecule has 6 nitrogen and oxygen atoms in total. The number of carbonyl (C=O) groups excluding carboxylic acids is 2. The fraction of sp³-hybridized carbons (Fsp3) is 0.235. The van der Waals surface area contributed by atoms with Crippen LogP contribution in [0.2, 0.25) is 5.02 Å². The molecule has 0 unspecified atom stereocenters. The van der Waals surface area contributed by atoms with Crippen LogP contribution in [0.1, 0.15) is 10.4 Å². The van der Waals surface area contributed by atoms with Crippen LogP contribution in [0, 0.1) is 11.3 Å². The van der Waals surface area contributed by atoms with E-state index in [1.165, 1.54) is 18.4 Å². The predicted molar refractivity (Wildman–Crippen MR) is 97.8 cm³/mol. The molecular formula is C17H16ClN3O3S. The summed E-state index contributed by atoms with van der Waals surface area (Å²) >= 11 is 7.44. The average Bonchev–Trinajstić information content (AvgIpc) is 2.97. The van der Waals surface area contributed by atoms with Crippen LogP contribution in [-0.4, -0.2) is 44.0 Å². The van der Waals surface area contributed by atoms with Gasteiger partial charge in [-0.15, -0.1) is 11.3 Å². The number of esters is 1. The Bertz CT molecular complexity index is 829. The molecule has 2 rings (SSSR count). The standard InChI is InChI=1S/C17H16ClN3O3S/c1-21(8-7-19)9-14(22)20-16-15(17(23)24-2)12(10-25-16)11-5-3-4-6-13(11)18/h3-6,10H,8-9H2,1-2H3,(H,20,22). The molecule has 1 aromatic carbocycles. The summed E-state index contributed by atoms with van der Waals surface area (Å²) in [5.41, 5.74) is 1.54. The zero-order valence-electron chi connectivity index (χ0n) is 13.7. The van der Waals surface area contributed by atoms with Crippen LogP contribution in [0.3, 0.4) is 0 Å². The number of anilines is 1. The van der Waals surface area contributed by atoms with E-state index in [4.69, 9.17) is 21.6 Å². The highest BCUT2D eigenvalue weighted by Gasteiger charge is 2.23. The lowest BCUT2D eigenvalue weighted by atomic mass is 10.0. The van der Waals surface area contributed by atoms with E-state index < -0.39 is 5.97 Å². The molecule has 0 radical (unpaired) electrons. The molecule has 0 atom stereocenters. The maximum atomic E-state index is 12.2. The molecule has 0 fully saturated rings. The molecule has 0 saturated heterocycles. The van der Waals surface area contributed by atoms with Gasteiger partial charge in [0, 0.05) is 21.5 Å². The number of hydrogen-bond acceptors (Lipinski definition) is 6. The minimum absolute atomic E-state index is 0.0352. The number of ether oxygens (including phenoxy) is 1. The van der Waals surface area contributed by atoms with Crippen LogP contribution < -0.4 is 5.32 Å². The molecule has 130 valence electrons. The Morgan fingerprint density at radius 3 is 2.72 bits per heavy atom. The normalized spacial score (nSPS) is 10.4. The second kappa shape index (κ2) is 8.62. The van der Waals surface area contributed by atoms with Crippen LogP contribution in [0.4, 0.5) is 5.00 Å². The number of nitrogens with one attached hydrogen (secondary N) is 1. The van der Waals surface area contributed by atoms with E-state index in [0.717, 1.165) is 0 Å². The number of nitrogens with zero attached hydrogens (tertiary/aromatic N) is 2. The maximum absolute atomic E-state index is 12.2. The van der Waals surface area contributed by atoms with Crippen molar-refractivity contribution < 1.29 is 14.3 Å². The van der Waals surface area contributed by atoms with Gasteiger partial charge in [0.2, 0.25) is 5.91 Å². The van der Waals surface area contributed by atoms with Gasteiger partial charge in [0.15, 0.2) is 0 Å². The van der Waals surface area contributed by atoms with Crippen molar-refractivity contribution in [3.8, 4) is 17.2 Å². The van der Waals surface area contributed by atoms with Crippen molar-refractivity contribution in [1.82, 2.24) is 4.90 Å². The van der Waals surface area contributed by atoms with Crippen molar-refractivity contribution in [2.75, 3.05) is 32.6 Å². The fourth-order valence-corrected chi connectivity index (χ4v) is 3.42. The summed E-state index contributed by atoms with van der Waals surface area (Å²) in [7, 11) is 2.94. The molecule has 0 bridgehead atoms. The van der Waals surface area contributed by atoms with E-state index >= 15 is 0 Å². The Balaban J connectivity index is 2.34. The van der Waals surface area contributed by atoms with E-state index in [1.807, 2.05) is 12.1 Å². The molecule has 1 amide bonds. The number of halogens is 1. The minimum Gasteiger partial charge on any atom is -0.465 e. The number of likely N-dealkylation sites (N-methyl/N-ethyl adjacent to an activating group) is 1. The van der Waals surface area contributed by atoms with Gasteiger partial charge in [-0.05, 0) is 13.1 Å². The van der Waals surface area contributed by atoms with E-state index in [0.29, 0.717) is 21.2 Å². The van der Waals surface area contributed by atoms with Crippen molar-refractivity contribution in [1.29, 1.82) is 5.26 Å². The van der Waals surface area contributed by atoms with Crippen LogP contribution in [0.25, 0.3) is 11.1 Å². The first-order valence-corrected chi connectivity index (χ1v) is 8.53. The van der Waals surface area contributed by atoms with Crippen molar-refractivity contribution in [3.63, 3.8) is 0 Å². The smallest absolute Gasteiger partial charge is 0.341 e. The topological polar surface area (TPSA) is 82.4 Å². The van der Waals surface area contributed by atoms with Gasteiger partial charge in [0.05, 0.1) is 26.3 Å². The zero-order valence-corrected chi connectivity index (χ0v) is 15.3. The van der Waals surface area contributed by atoms with Crippen molar-refractivity contribution >= 4 is 39.8 Å². The molecule has 1 heterocycles. The SMILES string of the molecule is COC(=O)c1c(-c2ccccc2Cl)csc1NC(=O)CN(C)CC#N. The third-order valence-corrected chi connectivity index (χ3v) is 4.58. The molecule has 0 aliphatic carbocycles. The van der Waals surface area contributed by atoms with E-state index in [2.05, 4.69) is 5.32 Å². The van der Waals surface area contributed by atoms with Gasteiger partial charge in [-0.25, -0.2) is 4.79 Å². The lowest BCUT2D eigenvalue weighted by Crippen LogP contribution is -2.30. The Kier molecular flexibility index (Phi) is 6.53. The second-order valence-electron chi connectivity index (χ2n) is 5.20. The van der Waals surface area contributed by atoms with Gasteiger partial charge in [-0.1, -0.05) is 29.8 Å². The summed E-state index contributed by atoms with van der Waals surface area (Å²) < 4.78 is 4.86. The summed E-state index contributed by atoms with van der Waals surface area (Å²) in [5.74, 6) is -0.882. The first kappa shape index (κ1) is 18.9. The zero-order chi connectivity index (χ0) is 18.4. The molecule has 0 saturated carbocycles. The minimum atomic E-state index is -0.558. The number of amides is 1. The van der Waals surface area contributed by atoms with Crippen molar-refractivity contribution in [3.05, 3.63) is 40.2 Å². The van der Waals surface area contributed by atoms with Gasteiger partial charge < -0.3 is 10.1 Å². The Hall–Kier alpha value is -2.40. The maximum Gasteiger partial charge on any atom is 0.341 e. The summed E-state index contributed by atoms with van der Waals surface area (Å²) in [5, 5.41) is 14.0. The quantitative estimate of drug-likeness (QED) is 0.617. The van der Waals surface area contributed by atoms with Gasteiger partial charge in [-0.2, -0.15) is 5.26 Å². The largest absolute Gasteiger partial charge is 0.465 e. The predicted octanol–water partition coefficient (Wildman–Crippen LogP) is 3.25. The number of hydrogen-bond donors (Lipinski definition) is 1. The highest BCUT2D eigenvalue weighted by Crippen LogP contribution is 2.38. The molecule has 2 aromatic rings. The molecule has 1 N–H and O–H groups in total. The summed E-state index contributed by atoms with van der Waals surface area (Å²) in [4.78, 5) is 25.9. The number of methoxy groups -OCH3 is 1. The Labute approximate surface area is 154 Å². The molecule has 0 spiro atoms. The Morgan fingerprint density at radius 2 is 2.08 bits per heavy atom. The number of nitriles is 1. The number of benzene rings is 1. The highest BCUT2D eigenvalue weighted by atomic mass is 35.5. The summed E-state index contributed by atoms with van der Waals surface area (Å²) in [6, 6.07) is 9.10. The lowest BCUT2D eigenvalue weighted by molar-refractivity contribution is -0.116. The third-order valence-electron chi connectivity index (χ3n) is 3.35. The highest BCUT2D eigenvalue weighted by molar-refractivity contribution is 7.15. The van der Waals surface area contributed by atoms with Crippen LogP contribution in [0.15, 0.2) is 29.6 Å². The van der Waals surface area contributed by atoms with Gasteiger partial charge >= 0.3 is 5.97 Å². The monoisotopic (exact) mass is 377 g/mol. The first-order valence-electron chi connectivity index (χ1n) is 7.28. The second-order valence-corrected chi connectivity index (χ2v) is 6.49. The first-order chi connectivity index (χ1) is 12.0. The third kappa shape index (κ3) is 4.57. The van der Waals surface area contributed by atoms with Crippen LogP contribution >= 0.6 is 22.9 Å². The van der Waals surface area contributed by atoms with E-state index in [9.17, 15) is 9.59 Å². The van der Waals surface area contributed by atoms with E-state index in [-0.39, 0.29) is 24.6 Å². The summed E-state index contributed by atoms with van der Waals surface area (Å²) in [6.45, 7) is 0.167. The van der Waals surface area contributed by atoms with Crippen molar-refractivity contribution in [2.24, 2.45) is 0 Å². The molecule has 1 aromatic heterocycles. The van der Waals surface area contributed by atoms with E-state index in [1.54, 1.807) is 35.5 Å². The molecular weight excluding hydrogens is 362 g/mol. The summed E-state index contributed by atoms with van der Waals surface area (Å²) in [6.07, 6.45) is 0. The molecule has 0 aliphatic heterocycles. The Morgan fingerprint density at radius 1 is 1.36 bits per heavy atom. The number of carbonyl (C=O) groups is 2.